The Morgan fingerprint density at radius 1 is 1.13 bits per heavy atom. The molecule has 5 atom stereocenters. The molecule has 0 radical (unpaired) electrons. The van der Waals surface area contributed by atoms with Gasteiger partial charge in [0.1, 0.15) is 0 Å². The normalized spacial score (nSPS) is 24.4. The number of fused-ring (bicyclic) bond motifs is 3. The summed E-state index contributed by atoms with van der Waals surface area (Å²) in [6, 6.07) is 4.19. The van der Waals surface area contributed by atoms with Crippen LogP contribution >= 0.6 is 11.3 Å². The Morgan fingerprint density at radius 3 is 2.49 bits per heavy atom. The SMILES string of the molecule is CCCCC(C)(CC(CC)CC)c1csc(Nc2ccc3c(c2C)C(=O)C2=C(C)C4C(=O)C(C(N)=O)=C(C)CC4[C@@H](C)C2C3)n1. The van der Waals surface area contributed by atoms with Gasteiger partial charge in [0, 0.05) is 33.5 Å². The number of rotatable bonds is 11. The van der Waals surface area contributed by atoms with E-state index in [9.17, 15) is 14.4 Å². The molecule has 0 spiro atoms. The Hall–Kier alpha value is -3.06. The van der Waals surface area contributed by atoms with Crippen LogP contribution in [-0.2, 0) is 21.4 Å². The Kier molecular flexibility index (Phi) is 9.61. The lowest BCUT2D eigenvalue weighted by molar-refractivity contribution is -0.125. The average molecular weight is 630 g/mol. The maximum Gasteiger partial charge on any atom is 0.252 e. The Balaban J connectivity index is 1.46. The van der Waals surface area contributed by atoms with Gasteiger partial charge in [-0.05, 0) is 87.3 Å². The quantitative estimate of drug-likeness (QED) is 0.242. The number of carbonyl (C=O) groups excluding carboxylic acids is 3. The number of nitrogens with one attached hydrogen (secondary N) is 1. The molecule has 5 rings (SSSR count). The van der Waals surface area contributed by atoms with E-state index in [2.05, 4.69) is 57.4 Å². The first-order valence-electron chi connectivity index (χ1n) is 17.0. The van der Waals surface area contributed by atoms with Gasteiger partial charge in [0.05, 0.1) is 11.3 Å². The molecule has 6 nitrogen and oxygen atoms in total. The molecule has 0 bridgehead atoms. The summed E-state index contributed by atoms with van der Waals surface area (Å²) in [6.45, 7) is 17.2. The van der Waals surface area contributed by atoms with Crippen LogP contribution < -0.4 is 11.1 Å². The average Bonchev–Trinajstić information content (AvgIpc) is 3.48. The van der Waals surface area contributed by atoms with Crippen LogP contribution in [0.15, 0.2) is 39.8 Å². The molecule has 1 aromatic carbocycles. The predicted octanol–water partition coefficient (Wildman–Crippen LogP) is 8.80. The molecule has 7 heteroatoms. The molecule has 4 unspecified atom stereocenters. The van der Waals surface area contributed by atoms with E-state index in [0.29, 0.717) is 12.3 Å². The summed E-state index contributed by atoms with van der Waals surface area (Å²) >= 11 is 1.63. The van der Waals surface area contributed by atoms with Crippen molar-refractivity contribution in [3.63, 3.8) is 0 Å². The third-order valence-corrected chi connectivity index (χ3v) is 12.3. The molecule has 0 aliphatic heterocycles. The number of carbonyl (C=O) groups is 3. The fourth-order valence-electron chi connectivity index (χ4n) is 8.73. The molecular weight excluding hydrogens is 579 g/mol. The van der Waals surface area contributed by atoms with Crippen molar-refractivity contribution in [3.8, 4) is 0 Å². The zero-order valence-corrected chi connectivity index (χ0v) is 29.2. The van der Waals surface area contributed by atoms with Crippen molar-refractivity contribution in [1.29, 1.82) is 0 Å². The summed E-state index contributed by atoms with van der Waals surface area (Å²) in [7, 11) is 0. The molecule has 0 saturated heterocycles. The summed E-state index contributed by atoms with van der Waals surface area (Å²) < 4.78 is 0. The third kappa shape index (κ3) is 5.86. The van der Waals surface area contributed by atoms with Gasteiger partial charge in [-0.2, -0.15) is 0 Å². The number of allylic oxidation sites excluding steroid dienone is 3. The number of nitrogens with zero attached hydrogens (tertiary/aromatic N) is 1. The van der Waals surface area contributed by atoms with Gasteiger partial charge >= 0.3 is 0 Å². The van der Waals surface area contributed by atoms with Crippen molar-refractivity contribution in [2.75, 3.05) is 5.32 Å². The minimum atomic E-state index is -0.665. The lowest BCUT2D eigenvalue weighted by Gasteiger charge is -2.47. The molecule has 2 aromatic rings. The van der Waals surface area contributed by atoms with Crippen molar-refractivity contribution in [1.82, 2.24) is 4.98 Å². The summed E-state index contributed by atoms with van der Waals surface area (Å²) in [6.07, 6.45) is 8.42. The van der Waals surface area contributed by atoms with E-state index >= 15 is 0 Å². The standard InChI is InChI=1S/C38H51N3O3S/c1-9-12-15-38(8,18-24(10-2)11-3)29-19-45-37(41-29)40-28-14-13-25-17-27-21(5)26-16-20(4)30(36(39)44)34(42)32(26)23(7)33(27)35(43)31(25)22(28)6/h13-14,19,21,24,26-27,32H,9-12,15-18H2,1-8H3,(H2,39,44)(H,40,41)/t21-,26?,27?,32?,38?/m1/s1. The van der Waals surface area contributed by atoms with Crippen molar-refractivity contribution in [2.24, 2.45) is 35.3 Å². The molecule has 3 N–H and O–H groups in total. The first kappa shape index (κ1) is 33.3. The summed E-state index contributed by atoms with van der Waals surface area (Å²) in [5.74, 6) is -0.399. The van der Waals surface area contributed by atoms with Crippen molar-refractivity contribution in [3.05, 3.63) is 62.2 Å². The minimum absolute atomic E-state index is 0.0158. The number of benzene rings is 1. The number of hydrogen-bond donors (Lipinski definition) is 2. The van der Waals surface area contributed by atoms with Gasteiger partial charge in [-0.15, -0.1) is 11.3 Å². The number of ketones is 2. The first-order valence-corrected chi connectivity index (χ1v) is 17.9. The van der Waals surface area contributed by atoms with E-state index in [1.165, 1.54) is 25.7 Å². The van der Waals surface area contributed by atoms with Crippen LogP contribution in [0.25, 0.3) is 0 Å². The van der Waals surface area contributed by atoms with Crippen LogP contribution in [0.3, 0.4) is 0 Å². The van der Waals surface area contributed by atoms with Crippen molar-refractivity contribution in [2.45, 2.75) is 112 Å². The molecular formula is C38H51N3O3S. The number of primary amides is 1. The van der Waals surface area contributed by atoms with Gasteiger partial charge in [0.2, 0.25) is 0 Å². The number of Topliss-reactive ketones (excluding diaryl/α,β-unsaturated/α-hetero) is 2. The first-order chi connectivity index (χ1) is 21.4. The van der Waals surface area contributed by atoms with E-state index in [0.717, 1.165) is 69.2 Å². The molecule has 1 aromatic heterocycles. The van der Waals surface area contributed by atoms with Gasteiger partial charge < -0.3 is 11.1 Å². The monoisotopic (exact) mass is 629 g/mol. The van der Waals surface area contributed by atoms with Gasteiger partial charge in [0.15, 0.2) is 16.7 Å². The number of unbranched alkanes of at least 4 members (excludes halogenated alkanes) is 1. The van der Waals surface area contributed by atoms with Crippen LogP contribution in [0.4, 0.5) is 10.8 Å². The summed E-state index contributed by atoms with van der Waals surface area (Å²) in [5, 5.41) is 6.63. The van der Waals surface area contributed by atoms with Gasteiger partial charge in [-0.25, -0.2) is 4.98 Å². The molecule has 3 aliphatic rings. The topological polar surface area (TPSA) is 102 Å². The van der Waals surface area contributed by atoms with Crippen LogP contribution in [0.5, 0.6) is 0 Å². The largest absolute Gasteiger partial charge is 0.365 e. The van der Waals surface area contributed by atoms with Gasteiger partial charge in [0.25, 0.3) is 5.91 Å². The van der Waals surface area contributed by atoms with E-state index < -0.39 is 11.8 Å². The summed E-state index contributed by atoms with van der Waals surface area (Å²) in [4.78, 5) is 45.3. The van der Waals surface area contributed by atoms with Gasteiger partial charge in [-0.1, -0.05) is 77.5 Å². The predicted molar refractivity (Wildman–Crippen MR) is 184 cm³/mol. The number of aromatic nitrogens is 1. The van der Waals surface area contributed by atoms with Crippen molar-refractivity contribution >= 4 is 39.6 Å². The maximum absolute atomic E-state index is 14.4. The van der Waals surface area contributed by atoms with Crippen LogP contribution in [-0.4, -0.2) is 22.5 Å². The van der Waals surface area contributed by atoms with Gasteiger partial charge in [-0.3, -0.25) is 14.4 Å². The highest BCUT2D eigenvalue weighted by atomic mass is 32.1. The third-order valence-electron chi connectivity index (χ3n) is 11.5. The number of thiazole rings is 1. The summed E-state index contributed by atoms with van der Waals surface area (Å²) in [5.41, 5.74) is 12.9. The second-order valence-electron chi connectivity index (χ2n) is 14.3. The van der Waals surface area contributed by atoms with Crippen LogP contribution in [0.2, 0.25) is 0 Å². The maximum atomic E-state index is 14.4. The fourth-order valence-corrected chi connectivity index (χ4v) is 9.61. The molecule has 45 heavy (non-hydrogen) atoms. The molecule has 242 valence electrons. The minimum Gasteiger partial charge on any atom is -0.365 e. The van der Waals surface area contributed by atoms with E-state index in [4.69, 9.17) is 10.7 Å². The Bertz CT molecular complexity index is 1580. The second kappa shape index (κ2) is 13.0. The zero-order valence-electron chi connectivity index (χ0n) is 28.4. The lowest BCUT2D eigenvalue weighted by Crippen LogP contribution is -2.46. The highest BCUT2D eigenvalue weighted by Crippen LogP contribution is 2.52. The zero-order chi connectivity index (χ0) is 32.8. The molecule has 0 fully saturated rings. The molecule has 3 aliphatic carbocycles. The lowest BCUT2D eigenvalue weighted by atomic mass is 9.55. The van der Waals surface area contributed by atoms with E-state index in [1.807, 2.05) is 20.8 Å². The number of nitrogens with two attached hydrogens (primary N) is 1. The number of hydrogen-bond acceptors (Lipinski definition) is 6. The molecule has 1 amide bonds. The Morgan fingerprint density at radius 2 is 1.84 bits per heavy atom. The van der Waals surface area contributed by atoms with Crippen LogP contribution in [0, 0.1) is 36.5 Å². The Labute approximate surface area is 273 Å². The van der Waals surface area contributed by atoms with Crippen LogP contribution in [0.1, 0.15) is 121 Å². The highest BCUT2D eigenvalue weighted by molar-refractivity contribution is 7.13. The second-order valence-corrected chi connectivity index (χ2v) is 15.2. The molecule has 0 saturated carbocycles. The number of anilines is 2. The van der Waals surface area contributed by atoms with E-state index in [-0.39, 0.29) is 40.3 Å². The highest BCUT2D eigenvalue weighted by Gasteiger charge is 2.50. The number of amides is 1. The fraction of sp³-hybridized carbons (Fsp3) is 0.579. The smallest absolute Gasteiger partial charge is 0.252 e. The van der Waals surface area contributed by atoms with Crippen molar-refractivity contribution < 1.29 is 14.4 Å². The van der Waals surface area contributed by atoms with E-state index in [1.54, 1.807) is 11.3 Å². The molecule has 1 heterocycles.